The molecule has 17 heavy (non-hydrogen) atoms. The minimum absolute atomic E-state index is 0.337. The number of aromatic nitrogens is 2. The molecular formula is C12H23N5. The number of nitrogens with one attached hydrogen (secondary N) is 1. The zero-order chi connectivity index (χ0) is 12.8. The molecule has 1 atom stereocenters. The molecule has 0 bridgehead atoms. The van der Waals surface area contributed by atoms with Gasteiger partial charge in [0.15, 0.2) is 11.6 Å². The van der Waals surface area contributed by atoms with Crippen LogP contribution in [0.25, 0.3) is 0 Å². The second kappa shape index (κ2) is 6.39. The van der Waals surface area contributed by atoms with Gasteiger partial charge in [-0.3, -0.25) is 0 Å². The van der Waals surface area contributed by atoms with E-state index in [0.29, 0.717) is 23.6 Å². The Kier molecular flexibility index (Phi) is 5.15. The van der Waals surface area contributed by atoms with E-state index in [1.165, 1.54) is 0 Å². The first-order chi connectivity index (χ1) is 7.99. The van der Waals surface area contributed by atoms with Gasteiger partial charge in [0.1, 0.15) is 0 Å². The van der Waals surface area contributed by atoms with Crippen LogP contribution in [0.5, 0.6) is 0 Å². The number of hydrogen-bond acceptors (Lipinski definition) is 5. The fourth-order valence-corrected chi connectivity index (χ4v) is 1.84. The Morgan fingerprint density at radius 2 is 1.94 bits per heavy atom. The highest BCUT2D eigenvalue weighted by Gasteiger charge is 2.14. The molecule has 0 spiro atoms. The number of rotatable bonds is 6. The van der Waals surface area contributed by atoms with Crippen molar-refractivity contribution in [2.75, 3.05) is 31.7 Å². The van der Waals surface area contributed by atoms with E-state index in [-0.39, 0.29) is 0 Å². The van der Waals surface area contributed by atoms with Crippen molar-refractivity contribution in [1.29, 1.82) is 0 Å². The van der Waals surface area contributed by atoms with E-state index in [4.69, 9.17) is 5.73 Å². The number of nitrogens with two attached hydrogens (primary N) is 1. The van der Waals surface area contributed by atoms with Crippen LogP contribution in [0.3, 0.4) is 0 Å². The summed E-state index contributed by atoms with van der Waals surface area (Å²) >= 11 is 0. The zero-order valence-corrected chi connectivity index (χ0v) is 11.1. The van der Waals surface area contributed by atoms with Crippen LogP contribution in [0.1, 0.15) is 20.3 Å². The third-order valence-corrected chi connectivity index (χ3v) is 2.41. The van der Waals surface area contributed by atoms with Gasteiger partial charge in [-0.2, -0.15) is 0 Å². The monoisotopic (exact) mass is 237 g/mol. The Morgan fingerprint density at radius 1 is 1.29 bits per heavy atom. The average molecular weight is 237 g/mol. The third kappa shape index (κ3) is 4.99. The second-order valence-electron chi connectivity index (χ2n) is 5.02. The normalized spacial score (nSPS) is 13.1. The molecule has 0 aromatic carbocycles. The van der Waals surface area contributed by atoms with E-state index in [9.17, 15) is 0 Å². The van der Waals surface area contributed by atoms with Crippen LogP contribution >= 0.6 is 0 Å². The van der Waals surface area contributed by atoms with Crippen LogP contribution in [-0.4, -0.2) is 41.5 Å². The zero-order valence-electron chi connectivity index (χ0n) is 11.1. The van der Waals surface area contributed by atoms with Crippen molar-refractivity contribution in [3.63, 3.8) is 0 Å². The highest BCUT2D eigenvalue weighted by molar-refractivity contribution is 5.55. The predicted molar refractivity (Wildman–Crippen MR) is 71.9 cm³/mol. The van der Waals surface area contributed by atoms with Crippen molar-refractivity contribution in [3.8, 4) is 0 Å². The maximum absolute atomic E-state index is 5.78. The van der Waals surface area contributed by atoms with Gasteiger partial charge in [0.25, 0.3) is 0 Å². The van der Waals surface area contributed by atoms with Gasteiger partial charge in [0.05, 0.1) is 0 Å². The van der Waals surface area contributed by atoms with Gasteiger partial charge < -0.3 is 16.0 Å². The van der Waals surface area contributed by atoms with E-state index in [1.54, 1.807) is 12.4 Å². The van der Waals surface area contributed by atoms with Crippen molar-refractivity contribution in [1.82, 2.24) is 14.9 Å². The van der Waals surface area contributed by atoms with Gasteiger partial charge in [-0.15, -0.1) is 0 Å². The largest absolute Gasteiger partial charge is 0.381 e. The highest BCUT2D eigenvalue weighted by atomic mass is 15.1. The van der Waals surface area contributed by atoms with Crippen LogP contribution in [0.2, 0.25) is 0 Å². The number of likely N-dealkylation sites (N-methyl/N-ethyl adjacent to an activating group) is 1. The fraction of sp³-hybridized carbons (Fsp3) is 0.667. The van der Waals surface area contributed by atoms with Gasteiger partial charge in [0.2, 0.25) is 0 Å². The maximum atomic E-state index is 5.78. The molecule has 0 aliphatic carbocycles. The summed E-state index contributed by atoms with van der Waals surface area (Å²) in [6, 6.07) is 0.337. The van der Waals surface area contributed by atoms with Crippen LogP contribution in [-0.2, 0) is 0 Å². The molecule has 0 aliphatic heterocycles. The molecule has 1 unspecified atom stereocenters. The van der Waals surface area contributed by atoms with Crippen LogP contribution in [0.15, 0.2) is 12.4 Å². The van der Waals surface area contributed by atoms with Crippen molar-refractivity contribution < 1.29 is 0 Å². The van der Waals surface area contributed by atoms with Crippen molar-refractivity contribution in [3.05, 3.63) is 12.4 Å². The molecule has 0 saturated carbocycles. The average Bonchev–Trinajstić information content (AvgIpc) is 2.19. The van der Waals surface area contributed by atoms with Crippen LogP contribution in [0.4, 0.5) is 11.6 Å². The van der Waals surface area contributed by atoms with E-state index < -0.39 is 0 Å². The Morgan fingerprint density at radius 3 is 2.47 bits per heavy atom. The van der Waals surface area contributed by atoms with Gasteiger partial charge in [-0.05, 0) is 26.4 Å². The third-order valence-electron chi connectivity index (χ3n) is 2.41. The molecule has 0 aliphatic rings. The van der Waals surface area contributed by atoms with Crippen LogP contribution in [0, 0.1) is 5.92 Å². The predicted octanol–water partition coefficient (Wildman–Crippen LogP) is 1.45. The molecule has 0 fully saturated rings. The lowest BCUT2D eigenvalue weighted by Crippen LogP contribution is -2.34. The first-order valence-corrected chi connectivity index (χ1v) is 5.96. The summed E-state index contributed by atoms with van der Waals surface area (Å²) in [6.07, 6.45) is 4.33. The minimum atomic E-state index is 0.337. The van der Waals surface area contributed by atoms with Crippen molar-refractivity contribution >= 4 is 11.6 Å². The summed E-state index contributed by atoms with van der Waals surface area (Å²) in [5.41, 5.74) is 5.78. The highest BCUT2D eigenvalue weighted by Crippen LogP contribution is 2.15. The quantitative estimate of drug-likeness (QED) is 0.784. The molecular weight excluding hydrogens is 214 g/mol. The second-order valence-corrected chi connectivity index (χ2v) is 5.02. The standard InChI is InChI=1S/C12H23N5/c1-9(2)7-10(8-17(3)4)16-12-11(13)14-5-6-15-12/h5-6,9-10H,7-8H2,1-4H3,(H2,13,14)(H,15,16). The first-order valence-electron chi connectivity index (χ1n) is 5.96. The molecule has 5 nitrogen and oxygen atoms in total. The molecule has 0 amide bonds. The Balaban J connectivity index is 2.68. The summed E-state index contributed by atoms with van der Waals surface area (Å²) in [5, 5.41) is 3.37. The molecule has 0 radical (unpaired) electrons. The topological polar surface area (TPSA) is 67.1 Å². The number of nitrogen functional groups attached to an aromatic ring is 1. The van der Waals surface area contributed by atoms with Gasteiger partial charge in [-0.1, -0.05) is 13.8 Å². The first kappa shape index (κ1) is 13.7. The number of hydrogen-bond donors (Lipinski definition) is 2. The molecule has 1 aromatic heterocycles. The Labute approximate surface area is 103 Å². The number of nitrogens with zero attached hydrogens (tertiary/aromatic N) is 3. The molecule has 5 heteroatoms. The summed E-state index contributed by atoms with van der Waals surface area (Å²) in [7, 11) is 4.13. The minimum Gasteiger partial charge on any atom is -0.381 e. The van der Waals surface area contributed by atoms with Gasteiger partial charge >= 0.3 is 0 Å². The molecule has 3 N–H and O–H groups in total. The number of anilines is 2. The fourth-order valence-electron chi connectivity index (χ4n) is 1.84. The summed E-state index contributed by atoms with van der Waals surface area (Å²) in [4.78, 5) is 10.4. The lowest BCUT2D eigenvalue weighted by Gasteiger charge is -2.24. The van der Waals surface area contributed by atoms with Crippen molar-refractivity contribution in [2.45, 2.75) is 26.3 Å². The van der Waals surface area contributed by atoms with Gasteiger partial charge in [-0.25, -0.2) is 9.97 Å². The van der Waals surface area contributed by atoms with E-state index in [1.807, 2.05) is 0 Å². The lowest BCUT2D eigenvalue weighted by molar-refractivity contribution is 0.356. The molecule has 1 heterocycles. The Hall–Kier alpha value is -1.36. The van der Waals surface area contributed by atoms with E-state index >= 15 is 0 Å². The molecule has 1 rings (SSSR count). The molecule has 1 aromatic rings. The Bertz CT molecular complexity index is 327. The lowest BCUT2D eigenvalue weighted by atomic mass is 10.0. The molecule has 0 saturated heterocycles. The summed E-state index contributed by atoms with van der Waals surface area (Å²) < 4.78 is 0. The van der Waals surface area contributed by atoms with Crippen molar-refractivity contribution in [2.24, 2.45) is 5.92 Å². The smallest absolute Gasteiger partial charge is 0.169 e. The summed E-state index contributed by atoms with van der Waals surface area (Å²) in [5.74, 6) is 1.77. The van der Waals surface area contributed by atoms with E-state index in [2.05, 4.69) is 48.1 Å². The summed E-state index contributed by atoms with van der Waals surface area (Å²) in [6.45, 7) is 5.38. The maximum Gasteiger partial charge on any atom is 0.169 e. The van der Waals surface area contributed by atoms with E-state index in [0.717, 1.165) is 13.0 Å². The molecule has 96 valence electrons. The SMILES string of the molecule is CC(C)CC(CN(C)C)Nc1nccnc1N. The van der Waals surface area contributed by atoms with Gasteiger partial charge in [0, 0.05) is 25.0 Å². The van der Waals surface area contributed by atoms with Crippen LogP contribution < -0.4 is 11.1 Å².